The van der Waals surface area contributed by atoms with Crippen LogP contribution in [-0.2, 0) is 16.0 Å². The minimum atomic E-state index is -1.46. The van der Waals surface area contributed by atoms with E-state index in [-0.39, 0.29) is 42.9 Å². The predicted molar refractivity (Wildman–Crippen MR) is 152 cm³/mol. The minimum absolute atomic E-state index is 0.146. The molecule has 2 amide bonds. The zero-order valence-electron chi connectivity index (χ0n) is 23.7. The van der Waals surface area contributed by atoms with Gasteiger partial charge >= 0.3 is 5.97 Å². The van der Waals surface area contributed by atoms with Gasteiger partial charge in [-0.15, -0.1) is 0 Å². The van der Waals surface area contributed by atoms with Gasteiger partial charge in [-0.25, -0.2) is 9.37 Å². The molecule has 0 saturated heterocycles. The number of ether oxygens (including phenoxy) is 1. The maximum atomic E-state index is 15.6. The van der Waals surface area contributed by atoms with E-state index >= 15 is 4.39 Å². The fourth-order valence-corrected chi connectivity index (χ4v) is 5.39. The first-order valence-electron chi connectivity index (χ1n) is 13.9. The molecule has 1 unspecified atom stereocenters. The number of aromatic amines is 1. The molecule has 214 valence electrons. The number of nitrogens with one attached hydrogen (secondary N) is 3. The van der Waals surface area contributed by atoms with E-state index in [1.165, 1.54) is 13.1 Å². The van der Waals surface area contributed by atoms with Crippen LogP contribution in [0.2, 0.25) is 0 Å². The summed E-state index contributed by atoms with van der Waals surface area (Å²) in [7, 11) is 1.52. The van der Waals surface area contributed by atoms with Gasteiger partial charge < -0.3 is 20.4 Å². The Hall–Kier alpha value is -3.75. The third-order valence-corrected chi connectivity index (χ3v) is 7.27. The van der Waals surface area contributed by atoms with Crippen molar-refractivity contribution in [3.05, 3.63) is 65.1 Å². The van der Waals surface area contributed by atoms with Gasteiger partial charge in [-0.2, -0.15) is 0 Å². The summed E-state index contributed by atoms with van der Waals surface area (Å²) in [6, 6.07) is 11.1. The highest BCUT2D eigenvalue weighted by atomic mass is 19.1. The first-order valence-corrected chi connectivity index (χ1v) is 13.9. The zero-order chi connectivity index (χ0) is 28.9. The first-order chi connectivity index (χ1) is 19.0. The summed E-state index contributed by atoms with van der Waals surface area (Å²) in [4.78, 5) is 45.6. The highest BCUT2D eigenvalue weighted by Gasteiger charge is 2.40. The molecule has 2 heterocycles. The van der Waals surface area contributed by atoms with E-state index in [1.807, 2.05) is 51.2 Å². The molecule has 0 aliphatic heterocycles. The number of H-pyrrole nitrogens is 1. The number of hydrogen-bond donors (Lipinski definition) is 3. The van der Waals surface area contributed by atoms with Gasteiger partial charge in [0.2, 0.25) is 0 Å². The van der Waals surface area contributed by atoms with Crippen LogP contribution < -0.4 is 10.6 Å². The fraction of sp³-hybridized carbons (Fsp3) is 0.484. The van der Waals surface area contributed by atoms with Gasteiger partial charge in [-0.1, -0.05) is 12.1 Å². The Morgan fingerprint density at radius 2 is 1.98 bits per heavy atom. The third kappa shape index (κ3) is 7.46. The van der Waals surface area contributed by atoms with E-state index in [9.17, 15) is 14.4 Å². The van der Waals surface area contributed by atoms with Crippen molar-refractivity contribution >= 4 is 28.7 Å². The number of carbonyl (C=O) groups excluding carboxylic acids is 3. The number of carbonyl (C=O) groups is 3. The molecule has 8 nitrogen and oxygen atoms in total. The summed E-state index contributed by atoms with van der Waals surface area (Å²) in [5.41, 5.74) is 1.04. The van der Waals surface area contributed by atoms with E-state index in [0.717, 1.165) is 16.5 Å². The molecule has 0 bridgehead atoms. The van der Waals surface area contributed by atoms with Crippen LogP contribution in [0, 0.1) is 5.92 Å². The predicted octanol–water partition coefficient (Wildman–Crippen LogP) is 5.26. The number of rotatable bonds is 9. The van der Waals surface area contributed by atoms with Crippen LogP contribution in [-0.4, -0.2) is 52.6 Å². The van der Waals surface area contributed by atoms with Gasteiger partial charge in [0.15, 0.2) is 0 Å². The van der Waals surface area contributed by atoms with Gasteiger partial charge in [0.1, 0.15) is 17.0 Å². The number of amides is 2. The summed E-state index contributed by atoms with van der Waals surface area (Å²) in [6.07, 6.45) is 4.80. The van der Waals surface area contributed by atoms with Crippen LogP contribution in [0.15, 0.2) is 42.6 Å². The van der Waals surface area contributed by atoms with Crippen molar-refractivity contribution in [2.24, 2.45) is 5.92 Å². The van der Waals surface area contributed by atoms with Crippen LogP contribution in [0.4, 0.5) is 4.39 Å². The van der Waals surface area contributed by atoms with Gasteiger partial charge in [0.25, 0.3) is 11.8 Å². The molecule has 0 radical (unpaired) electrons. The molecule has 1 fully saturated rings. The van der Waals surface area contributed by atoms with Crippen molar-refractivity contribution in [2.75, 3.05) is 13.6 Å². The molecular formula is C31H39FN4O4. The molecule has 1 aromatic carbocycles. The lowest BCUT2D eigenvalue weighted by molar-refractivity contribution is -0.163. The molecule has 1 aliphatic carbocycles. The van der Waals surface area contributed by atoms with E-state index in [4.69, 9.17) is 4.74 Å². The minimum Gasteiger partial charge on any atom is -0.460 e. The van der Waals surface area contributed by atoms with Crippen molar-refractivity contribution in [3.8, 4) is 0 Å². The van der Waals surface area contributed by atoms with Gasteiger partial charge in [-0.3, -0.25) is 14.4 Å². The topological polar surface area (TPSA) is 113 Å². The molecule has 4 rings (SSSR count). The van der Waals surface area contributed by atoms with Crippen LogP contribution >= 0.6 is 0 Å². The maximum Gasteiger partial charge on any atom is 0.309 e. The maximum absolute atomic E-state index is 15.6. The Morgan fingerprint density at radius 1 is 1.18 bits per heavy atom. The summed E-state index contributed by atoms with van der Waals surface area (Å²) in [5.74, 6) is -1.51. The monoisotopic (exact) mass is 550 g/mol. The number of fused-ring (bicyclic) bond motifs is 1. The van der Waals surface area contributed by atoms with Crippen molar-refractivity contribution in [2.45, 2.75) is 77.0 Å². The van der Waals surface area contributed by atoms with E-state index in [0.29, 0.717) is 43.4 Å². The Morgan fingerprint density at radius 3 is 2.73 bits per heavy atom. The van der Waals surface area contributed by atoms with Crippen molar-refractivity contribution in [3.63, 3.8) is 0 Å². The average molecular weight is 551 g/mol. The molecule has 2 atom stereocenters. The number of alkyl halides is 1. The van der Waals surface area contributed by atoms with Crippen LogP contribution in [0.1, 0.15) is 91.4 Å². The normalized spacial score (nSPS) is 19.3. The quantitative estimate of drug-likeness (QED) is 0.248. The Labute approximate surface area is 234 Å². The number of benzene rings is 1. The highest BCUT2D eigenvalue weighted by molar-refractivity contribution is 5.98. The number of pyridine rings is 1. The van der Waals surface area contributed by atoms with Gasteiger partial charge in [0, 0.05) is 48.4 Å². The van der Waals surface area contributed by atoms with E-state index in [1.54, 1.807) is 6.07 Å². The summed E-state index contributed by atoms with van der Waals surface area (Å²) in [5, 5.41) is 6.48. The summed E-state index contributed by atoms with van der Waals surface area (Å²) >= 11 is 0. The summed E-state index contributed by atoms with van der Waals surface area (Å²) in [6.45, 7) is 5.71. The molecule has 2 aromatic heterocycles. The van der Waals surface area contributed by atoms with Crippen molar-refractivity contribution < 1.29 is 23.5 Å². The fourth-order valence-electron chi connectivity index (χ4n) is 5.39. The van der Waals surface area contributed by atoms with Crippen molar-refractivity contribution in [1.29, 1.82) is 0 Å². The largest absolute Gasteiger partial charge is 0.460 e. The zero-order valence-corrected chi connectivity index (χ0v) is 23.7. The molecule has 9 heteroatoms. The lowest BCUT2D eigenvalue weighted by Gasteiger charge is -2.35. The first kappa shape index (κ1) is 29.2. The second-order valence-corrected chi connectivity index (χ2v) is 11.7. The SMILES string of the molecule is CNC(=O)c1cc(C(=O)NCCC[C@@]2(F)CCCC(C(=O)OC(C)(C)C)C2)cc(Cc2cccc3[nH]ccc23)n1. The number of aromatic nitrogens is 2. The molecule has 0 spiro atoms. The average Bonchev–Trinajstić information content (AvgIpc) is 3.39. The lowest BCUT2D eigenvalue weighted by atomic mass is 9.77. The second kappa shape index (κ2) is 12.2. The van der Waals surface area contributed by atoms with Crippen LogP contribution in [0.5, 0.6) is 0 Å². The molecular weight excluding hydrogens is 511 g/mol. The van der Waals surface area contributed by atoms with Gasteiger partial charge in [0.05, 0.1) is 5.92 Å². The number of halogens is 1. The summed E-state index contributed by atoms with van der Waals surface area (Å²) < 4.78 is 21.1. The van der Waals surface area contributed by atoms with Crippen LogP contribution in [0.25, 0.3) is 10.9 Å². The lowest BCUT2D eigenvalue weighted by Crippen LogP contribution is -2.38. The molecule has 3 N–H and O–H groups in total. The molecule has 1 saturated carbocycles. The van der Waals surface area contributed by atoms with Crippen molar-refractivity contribution in [1.82, 2.24) is 20.6 Å². The third-order valence-electron chi connectivity index (χ3n) is 7.27. The Balaban J connectivity index is 1.38. The number of hydrogen-bond acceptors (Lipinski definition) is 5. The molecule has 40 heavy (non-hydrogen) atoms. The molecule has 3 aromatic rings. The van der Waals surface area contributed by atoms with E-state index in [2.05, 4.69) is 20.6 Å². The highest BCUT2D eigenvalue weighted by Crippen LogP contribution is 2.39. The molecule has 1 aliphatic rings. The smallest absolute Gasteiger partial charge is 0.309 e. The second-order valence-electron chi connectivity index (χ2n) is 11.7. The number of nitrogens with zero attached hydrogens (tertiary/aromatic N) is 1. The number of esters is 1. The Kier molecular flexibility index (Phi) is 8.91. The van der Waals surface area contributed by atoms with Crippen LogP contribution in [0.3, 0.4) is 0 Å². The Bertz CT molecular complexity index is 1380. The standard InChI is InChI=1S/C31H39FN4O4/c1-30(2,3)40-29(39)21-9-6-12-31(32,19-21)13-7-14-35-27(37)22-17-23(36-26(18-22)28(38)33-4)16-20-8-5-10-25-24(20)11-15-34-25/h5,8,10-11,15,17-18,21,34H,6-7,9,12-14,16,19H2,1-4H3,(H,33,38)(H,35,37)/t21?,31-/m0/s1. The van der Waals surface area contributed by atoms with E-state index < -0.39 is 17.2 Å². The van der Waals surface area contributed by atoms with Gasteiger partial charge in [-0.05, 0) is 89.1 Å².